The molecule has 0 saturated carbocycles. The maximum absolute atomic E-state index is 6.47. The first-order chi connectivity index (χ1) is 28.7. The molecule has 0 aliphatic heterocycles. The molecule has 8 heteroatoms. The molecule has 4 heterocycles. The zero-order chi connectivity index (χ0) is 38.6. The van der Waals surface area contributed by atoms with Crippen LogP contribution in [0.3, 0.4) is 0 Å². The molecule has 0 fully saturated rings. The Labute approximate surface area is 342 Å². The van der Waals surface area contributed by atoms with E-state index in [-0.39, 0.29) is 0 Å². The van der Waals surface area contributed by atoms with Crippen molar-refractivity contribution in [3.63, 3.8) is 0 Å². The van der Waals surface area contributed by atoms with Crippen molar-refractivity contribution < 1.29 is 4.42 Å². The maximum Gasteiger partial charge on any atom is 0.180 e. The fourth-order valence-electron chi connectivity index (χ4n) is 7.68. The highest BCUT2D eigenvalue weighted by Crippen LogP contribution is 2.42. The van der Waals surface area contributed by atoms with Crippen LogP contribution in [0, 0.1) is 0 Å². The van der Waals surface area contributed by atoms with Gasteiger partial charge in [0.05, 0.1) is 0 Å². The molecule has 0 spiro atoms. The van der Waals surface area contributed by atoms with Gasteiger partial charge in [0.15, 0.2) is 28.9 Å². The van der Waals surface area contributed by atoms with Gasteiger partial charge in [0.25, 0.3) is 0 Å². The number of thioether (sulfide) groups is 1. The van der Waals surface area contributed by atoms with E-state index in [1.54, 1.807) is 23.1 Å². The molecule has 11 aromatic rings. The first-order valence-electron chi connectivity index (χ1n) is 18.9. The molecule has 58 heavy (non-hydrogen) atoms. The summed E-state index contributed by atoms with van der Waals surface area (Å²) >= 11 is 3.48. The number of hydrogen-bond donors (Lipinski definition) is 0. The van der Waals surface area contributed by atoms with Gasteiger partial charge in [0, 0.05) is 58.3 Å². The highest BCUT2D eigenvalue weighted by molar-refractivity contribution is 7.98. The van der Waals surface area contributed by atoms with Crippen LogP contribution in [0.25, 0.3) is 110 Å². The Balaban J connectivity index is 1.06. The summed E-state index contributed by atoms with van der Waals surface area (Å²) in [6.45, 7) is 0. The first kappa shape index (κ1) is 34.3. The van der Waals surface area contributed by atoms with E-state index in [0.717, 1.165) is 66.0 Å². The standard InChI is InChI=1S/C50H31N5OS2/c1-57-42-28-32(44-46-45(39-21-10-12-22-40(39)56-46)52-47(51-44)30-14-4-2-5-15-30)24-26-36(42)34-18-8-9-20-38(34)50-54-48(31-16-6-3-7-17-31)53-49(55-50)33-25-27-37-35-19-11-13-23-41(35)58-43(37)29-33/h2-29H,1H3. The zero-order valence-electron chi connectivity index (χ0n) is 31.1. The zero-order valence-corrected chi connectivity index (χ0v) is 32.8. The van der Waals surface area contributed by atoms with E-state index in [2.05, 4.69) is 91.2 Å². The number of rotatable bonds is 7. The summed E-state index contributed by atoms with van der Waals surface area (Å²) in [7, 11) is 0. The fraction of sp³-hybridized carbons (Fsp3) is 0.0200. The minimum absolute atomic E-state index is 0.610. The van der Waals surface area contributed by atoms with E-state index in [1.807, 2.05) is 84.9 Å². The first-order valence-corrected chi connectivity index (χ1v) is 21.0. The van der Waals surface area contributed by atoms with E-state index in [9.17, 15) is 0 Å². The second-order valence-corrected chi connectivity index (χ2v) is 15.9. The molecule has 274 valence electrons. The highest BCUT2D eigenvalue weighted by Gasteiger charge is 2.21. The van der Waals surface area contributed by atoms with Crippen molar-refractivity contribution >= 4 is 65.3 Å². The Hall–Kier alpha value is -7.00. The quantitative estimate of drug-likeness (QED) is 0.149. The summed E-state index contributed by atoms with van der Waals surface area (Å²) in [5, 5.41) is 3.46. The summed E-state index contributed by atoms with van der Waals surface area (Å²) in [5.41, 5.74) is 9.78. The average Bonchev–Trinajstić information content (AvgIpc) is 3.87. The molecule has 0 aliphatic rings. The number of benzene rings is 7. The van der Waals surface area contributed by atoms with Crippen molar-refractivity contribution in [2.45, 2.75) is 4.90 Å². The second kappa shape index (κ2) is 14.2. The van der Waals surface area contributed by atoms with E-state index in [1.165, 1.54) is 20.2 Å². The Morgan fingerprint density at radius 3 is 1.81 bits per heavy atom. The predicted octanol–water partition coefficient (Wildman–Crippen LogP) is 13.7. The molecule has 4 aromatic heterocycles. The summed E-state index contributed by atoms with van der Waals surface area (Å²) in [4.78, 5) is 26.7. The maximum atomic E-state index is 6.47. The van der Waals surface area contributed by atoms with Gasteiger partial charge >= 0.3 is 0 Å². The number of nitrogens with zero attached hydrogens (tertiary/aromatic N) is 5. The molecule has 0 atom stereocenters. The lowest BCUT2D eigenvalue weighted by molar-refractivity contribution is 0.667. The minimum Gasteiger partial charge on any atom is -0.452 e. The number of fused-ring (bicyclic) bond motifs is 6. The highest BCUT2D eigenvalue weighted by atomic mass is 32.2. The normalized spacial score (nSPS) is 11.6. The lowest BCUT2D eigenvalue weighted by Crippen LogP contribution is -2.01. The van der Waals surface area contributed by atoms with Crippen molar-refractivity contribution in [3.8, 4) is 67.9 Å². The number of para-hydroxylation sites is 1. The van der Waals surface area contributed by atoms with E-state index in [0.29, 0.717) is 28.9 Å². The molecule has 0 amide bonds. The third kappa shape index (κ3) is 5.93. The van der Waals surface area contributed by atoms with Gasteiger partial charge in [0.1, 0.15) is 16.8 Å². The van der Waals surface area contributed by atoms with E-state index >= 15 is 0 Å². The molecule has 7 aromatic carbocycles. The lowest BCUT2D eigenvalue weighted by atomic mass is 9.97. The van der Waals surface area contributed by atoms with Crippen molar-refractivity contribution in [1.29, 1.82) is 0 Å². The summed E-state index contributed by atoms with van der Waals surface area (Å²) < 4.78 is 8.94. The molecule has 0 aliphatic carbocycles. The van der Waals surface area contributed by atoms with Gasteiger partial charge < -0.3 is 4.42 Å². The Morgan fingerprint density at radius 1 is 0.431 bits per heavy atom. The summed E-state index contributed by atoms with van der Waals surface area (Å²) in [6, 6.07) is 58.2. The third-order valence-electron chi connectivity index (χ3n) is 10.5. The van der Waals surface area contributed by atoms with Gasteiger partial charge in [-0.3, -0.25) is 0 Å². The fourth-order valence-corrected chi connectivity index (χ4v) is 9.47. The van der Waals surface area contributed by atoms with E-state index in [4.69, 9.17) is 29.3 Å². The van der Waals surface area contributed by atoms with Gasteiger partial charge in [-0.25, -0.2) is 24.9 Å². The van der Waals surface area contributed by atoms with Crippen LogP contribution in [0.1, 0.15) is 0 Å². The van der Waals surface area contributed by atoms with E-state index < -0.39 is 0 Å². The molecule has 0 unspecified atom stereocenters. The van der Waals surface area contributed by atoms with Crippen LogP contribution in [-0.4, -0.2) is 31.2 Å². The average molecular weight is 782 g/mol. The van der Waals surface area contributed by atoms with Crippen LogP contribution in [-0.2, 0) is 0 Å². The molecule has 0 N–H and O–H groups in total. The molecule has 6 nitrogen and oxygen atoms in total. The van der Waals surface area contributed by atoms with Crippen molar-refractivity contribution in [2.75, 3.05) is 6.26 Å². The van der Waals surface area contributed by atoms with Crippen LogP contribution in [0.15, 0.2) is 179 Å². The van der Waals surface area contributed by atoms with Gasteiger partial charge in [0.2, 0.25) is 0 Å². The van der Waals surface area contributed by atoms with Crippen LogP contribution in [0.4, 0.5) is 0 Å². The van der Waals surface area contributed by atoms with Crippen LogP contribution in [0.5, 0.6) is 0 Å². The van der Waals surface area contributed by atoms with Crippen molar-refractivity contribution in [1.82, 2.24) is 24.9 Å². The predicted molar refractivity (Wildman–Crippen MR) is 240 cm³/mol. The van der Waals surface area contributed by atoms with Gasteiger partial charge in [-0.05, 0) is 47.7 Å². The summed E-state index contributed by atoms with van der Waals surface area (Å²) in [6.07, 6.45) is 2.11. The summed E-state index contributed by atoms with van der Waals surface area (Å²) in [5.74, 6) is 2.52. The van der Waals surface area contributed by atoms with Gasteiger partial charge in [-0.1, -0.05) is 140 Å². The smallest absolute Gasteiger partial charge is 0.180 e. The Kier molecular flexibility index (Phi) is 8.38. The van der Waals surface area contributed by atoms with Crippen LogP contribution < -0.4 is 0 Å². The third-order valence-corrected chi connectivity index (χ3v) is 12.4. The molecular formula is C50H31N5OS2. The number of hydrogen-bond acceptors (Lipinski definition) is 8. The molecule has 0 saturated heterocycles. The topological polar surface area (TPSA) is 77.6 Å². The van der Waals surface area contributed by atoms with Gasteiger partial charge in [-0.15, -0.1) is 23.1 Å². The van der Waals surface area contributed by atoms with Crippen LogP contribution in [0.2, 0.25) is 0 Å². The van der Waals surface area contributed by atoms with Gasteiger partial charge in [-0.2, -0.15) is 0 Å². The number of thiophene rings is 1. The molecule has 0 radical (unpaired) electrons. The lowest BCUT2D eigenvalue weighted by Gasteiger charge is -2.15. The Bertz CT molecular complexity index is 3340. The SMILES string of the molecule is CSc1cc(-c2nc(-c3ccccc3)nc3c2oc2ccccc23)ccc1-c1ccccc1-c1nc(-c2ccccc2)nc(-c2ccc3c(c2)sc2ccccc23)n1. The van der Waals surface area contributed by atoms with Crippen molar-refractivity contribution in [2.24, 2.45) is 0 Å². The largest absolute Gasteiger partial charge is 0.452 e. The minimum atomic E-state index is 0.610. The van der Waals surface area contributed by atoms with Crippen LogP contribution >= 0.6 is 23.1 Å². The second-order valence-electron chi connectivity index (χ2n) is 14.0. The molecular weight excluding hydrogens is 751 g/mol. The number of furan rings is 1. The Morgan fingerprint density at radius 2 is 1.03 bits per heavy atom. The molecule has 11 rings (SSSR count). The number of aromatic nitrogens is 5. The monoisotopic (exact) mass is 781 g/mol. The van der Waals surface area contributed by atoms with Crippen molar-refractivity contribution in [3.05, 3.63) is 170 Å². The molecule has 0 bridgehead atoms.